The second-order valence-electron chi connectivity index (χ2n) is 3.43. The van der Waals surface area contributed by atoms with Crippen LogP contribution in [-0.4, -0.2) is 16.5 Å². The summed E-state index contributed by atoms with van der Waals surface area (Å²) in [5, 5.41) is 0. The zero-order valence-electron chi connectivity index (χ0n) is 8.37. The van der Waals surface area contributed by atoms with Gasteiger partial charge in [-0.1, -0.05) is 6.92 Å². The number of halogens is 2. The van der Waals surface area contributed by atoms with Crippen molar-refractivity contribution in [3.05, 3.63) is 29.8 Å². The average molecular weight is 233 g/mol. The highest BCUT2D eigenvalue weighted by Gasteiger charge is 2.13. The van der Waals surface area contributed by atoms with E-state index in [0.29, 0.717) is 12.3 Å². The van der Waals surface area contributed by atoms with E-state index >= 15 is 0 Å². The summed E-state index contributed by atoms with van der Waals surface area (Å²) in [5.74, 6) is -1.09. The van der Waals surface area contributed by atoms with E-state index < -0.39 is 22.4 Å². The zero-order valence-corrected chi connectivity index (χ0v) is 9.19. The Labute approximate surface area is 89.9 Å². The highest BCUT2D eigenvalue weighted by Crippen LogP contribution is 2.15. The van der Waals surface area contributed by atoms with E-state index in [2.05, 4.69) is 0 Å². The Morgan fingerprint density at radius 2 is 2.13 bits per heavy atom. The first-order valence-electron chi connectivity index (χ1n) is 4.58. The third-order valence-electron chi connectivity index (χ3n) is 1.98. The van der Waals surface area contributed by atoms with Crippen molar-refractivity contribution in [2.45, 2.75) is 11.8 Å². The van der Waals surface area contributed by atoms with Gasteiger partial charge >= 0.3 is 0 Å². The maximum atomic E-state index is 13.2. The van der Waals surface area contributed by atoms with Crippen LogP contribution in [0.1, 0.15) is 6.92 Å². The Bertz CT molecular complexity index is 370. The van der Waals surface area contributed by atoms with Crippen molar-refractivity contribution in [2.24, 2.45) is 11.7 Å². The van der Waals surface area contributed by atoms with Crippen LogP contribution in [0.25, 0.3) is 0 Å². The van der Waals surface area contributed by atoms with Gasteiger partial charge < -0.3 is 5.73 Å². The first kappa shape index (κ1) is 12.3. The van der Waals surface area contributed by atoms with E-state index in [1.807, 2.05) is 6.92 Å². The first-order chi connectivity index (χ1) is 7.04. The second kappa shape index (κ2) is 5.32. The van der Waals surface area contributed by atoms with Crippen molar-refractivity contribution in [1.29, 1.82) is 0 Å². The summed E-state index contributed by atoms with van der Waals surface area (Å²) in [4.78, 5) is 0.0386. The van der Waals surface area contributed by atoms with E-state index in [1.54, 1.807) is 0 Å². The van der Waals surface area contributed by atoms with Gasteiger partial charge in [0.1, 0.15) is 11.6 Å². The molecule has 0 bridgehead atoms. The van der Waals surface area contributed by atoms with Gasteiger partial charge in [-0.3, -0.25) is 4.21 Å². The standard InChI is InChI=1S/C10H13F2NOS/c1-7(5-13)6-15(14)10-3-2-8(11)4-9(10)12/h2-4,7H,5-6,13H2,1H3. The van der Waals surface area contributed by atoms with Crippen molar-refractivity contribution in [1.82, 2.24) is 0 Å². The van der Waals surface area contributed by atoms with Gasteiger partial charge in [0, 0.05) is 11.8 Å². The maximum Gasteiger partial charge on any atom is 0.142 e. The molecule has 0 aliphatic carbocycles. The van der Waals surface area contributed by atoms with Crippen molar-refractivity contribution < 1.29 is 13.0 Å². The normalized spacial score (nSPS) is 14.9. The van der Waals surface area contributed by atoms with E-state index in [9.17, 15) is 13.0 Å². The largest absolute Gasteiger partial charge is 0.330 e. The lowest BCUT2D eigenvalue weighted by Gasteiger charge is -2.08. The van der Waals surface area contributed by atoms with Crippen LogP contribution in [-0.2, 0) is 10.8 Å². The summed E-state index contributed by atoms with van der Waals surface area (Å²) in [6, 6.07) is 3.05. The monoisotopic (exact) mass is 233 g/mol. The zero-order chi connectivity index (χ0) is 11.4. The number of benzene rings is 1. The van der Waals surface area contributed by atoms with Crippen LogP contribution in [0.15, 0.2) is 23.1 Å². The second-order valence-corrected chi connectivity index (χ2v) is 4.89. The van der Waals surface area contributed by atoms with Crippen LogP contribution in [0.4, 0.5) is 8.78 Å². The quantitative estimate of drug-likeness (QED) is 0.859. The fraction of sp³-hybridized carbons (Fsp3) is 0.400. The Morgan fingerprint density at radius 3 is 2.67 bits per heavy atom. The summed E-state index contributed by atoms with van der Waals surface area (Å²) in [6.45, 7) is 2.23. The molecule has 0 amide bonds. The molecule has 84 valence electrons. The van der Waals surface area contributed by atoms with Gasteiger partial charge in [0.2, 0.25) is 0 Å². The topological polar surface area (TPSA) is 43.1 Å². The summed E-state index contributed by atoms with van der Waals surface area (Å²) < 4.78 is 37.4. The third-order valence-corrected chi connectivity index (χ3v) is 3.67. The van der Waals surface area contributed by atoms with Crippen LogP contribution >= 0.6 is 0 Å². The van der Waals surface area contributed by atoms with Gasteiger partial charge in [-0.2, -0.15) is 0 Å². The molecule has 0 saturated carbocycles. The van der Waals surface area contributed by atoms with Crippen molar-refractivity contribution in [3.63, 3.8) is 0 Å². The van der Waals surface area contributed by atoms with E-state index in [1.165, 1.54) is 6.07 Å². The van der Waals surface area contributed by atoms with Crippen LogP contribution in [0.5, 0.6) is 0 Å². The molecule has 15 heavy (non-hydrogen) atoms. The minimum absolute atomic E-state index is 0.0386. The molecule has 0 heterocycles. The van der Waals surface area contributed by atoms with E-state index in [0.717, 1.165) is 12.1 Å². The Hall–Kier alpha value is -0.810. The van der Waals surface area contributed by atoms with Gasteiger partial charge in [0.25, 0.3) is 0 Å². The lowest BCUT2D eigenvalue weighted by molar-refractivity contribution is 0.560. The fourth-order valence-electron chi connectivity index (χ4n) is 1.08. The average Bonchev–Trinajstić information content (AvgIpc) is 2.17. The fourth-order valence-corrected chi connectivity index (χ4v) is 2.40. The first-order valence-corrected chi connectivity index (χ1v) is 5.90. The number of rotatable bonds is 4. The molecule has 0 spiro atoms. The molecule has 0 aliphatic rings. The molecule has 2 unspecified atom stereocenters. The summed E-state index contributed by atoms with van der Waals surface area (Å²) in [5.41, 5.74) is 5.37. The highest BCUT2D eigenvalue weighted by atomic mass is 32.2. The minimum Gasteiger partial charge on any atom is -0.330 e. The minimum atomic E-state index is -1.45. The molecular formula is C10H13F2NOS. The number of hydrogen-bond donors (Lipinski definition) is 1. The molecule has 0 fully saturated rings. The molecule has 0 aromatic heterocycles. The molecule has 0 radical (unpaired) electrons. The van der Waals surface area contributed by atoms with Gasteiger partial charge in [-0.25, -0.2) is 8.78 Å². The van der Waals surface area contributed by atoms with Crippen LogP contribution < -0.4 is 5.73 Å². The molecule has 5 heteroatoms. The molecule has 2 atom stereocenters. The van der Waals surface area contributed by atoms with Crippen molar-refractivity contribution in [3.8, 4) is 0 Å². The Morgan fingerprint density at radius 1 is 1.47 bits per heavy atom. The molecule has 2 nitrogen and oxygen atoms in total. The molecule has 0 saturated heterocycles. The van der Waals surface area contributed by atoms with Crippen molar-refractivity contribution in [2.75, 3.05) is 12.3 Å². The SMILES string of the molecule is CC(CN)CS(=O)c1ccc(F)cc1F. The van der Waals surface area contributed by atoms with Crippen LogP contribution in [0.2, 0.25) is 0 Å². The van der Waals surface area contributed by atoms with E-state index in [4.69, 9.17) is 5.73 Å². The molecule has 0 aliphatic heterocycles. The molecule has 1 aromatic carbocycles. The van der Waals surface area contributed by atoms with Gasteiger partial charge in [0.05, 0.1) is 15.7 Å². The predicted molar refractivity (Wildman–Crippen MR) is 55.9 cm³/mol. The van der Waals surface area contributed by atoms with Crippen molar-refractivity contribution >= 4 is 10.8 Å². The van der Waals surface area contributed by atoms with Gasteiger partial charge in [-0.15, -0.1) is 0 Å². The molecular weight excluding hydrogens is 220 g/mol. The predicted octanol–water partition coefficient (Wildman–Crippen LogP) is 1.67. The lowest BCUT2D eigenvalue weighted by atomic mass is 10.2. The highest BCUT2D eigenvalue weighted by molar-refractivity contribution is 7.85. The smallest absolute Gasteiger partial charge is 0.142 e. The number of nitrogens with two attached hydrogens (primary N) is 1. The van der Waals surface area contributed by atoms with Gasteiger partial charge in [0.15, 0.2) is 0 Å². The molecule has 2 N–H and O–H groups in total. The Balaban J connectivity index is 2.82. The summed E-state index contributed by atoms with van der Waals surface area (Å²) >= 11 is 0. The van der Waals surface area contributed by atoms with Crippen LogP contribution in [0.3, 0.4) is 0 Å². The van der Waals surface area contributed by atoms with Crippen LogP contribution in [0, 0.1) is 17.6 Å². The molecule has 1 aromatic rings. The third kappa shape index (κ3) is 3.35. The van der Waals surface area contributed by atoms with Gasteiger partial charge in [-0.05, 0) is 24.6 Å². The maximum absolute atomic E-state index is 13.2. The molecule has 1 rings (SSSR count). The lowest BCUT2D eigenvalue weighted by Crippen LogP contribution is -2.18. The number of hydrogen-bond acceptors (Lipinski definition) is 2. The summed E-state index contributed by atoms with van der Waals surface area (Å²) in [6.07, 6.45) is 0. The Kier molecular flexibility index (Phi) is 4.35. The van der Waals surface area contributed by atoms with E-state index in [-0.39, 0.29) is 10.8 Å². The summed E-state index contributed by atoms with van der Waals surface area (Å²) in [7, 11) is -1.45.